The smallest absolute Gasteiger partial charge is 0.163 e. The third-order valence-electron chi connectivity index (χ3n) is 3.07. The summed E-state index contributed by atoms with van der Waals surface area (Å²) in [6.07, 6.45) is 0. The minimum atomic E-state index is -0.00235. The highest BCUT2D eigenvalue weighted by Gasteiger charge is 2.13. The number of Topliss-reactive ketones (excluding diaryl/α,β-unsaturated/α-hetero) is 1. The Labute approximate surface area is 112 Å². The van der Waals surface area contributed by atoms with E-state index in [1.165, 1.54) is 6.92 Å². The van der Waals surface area contributed by atoms with Gasteiger partial charge < -0.3 is 9.26 Å². The molecule has 2 aromatic rings. The van der Waals surface area contributed by atoms with Gasteiger partial charge in [-0.25, -0.2) is 0 Å². The topological polar surface area (TPSA) is 52.3 Å². The molecule has 0 aliphatic carbocycles. The molecule has 100 valence electrons. The Kier molecular flexibility index (Phi) is 3.69. The number of nitrogens with zero attached hydrogens (tertiary/aromatic N) is 1. The van der Waals surface area contributed by atoms with Crippen LogP contribution >= 0.6 is 0 Å². The van der Waals surface area contributed by atoms with Gasteiger partial charge in [-0.3, -0.25) is 4.79 Å². The summed E-state index contributed by atoms with van der Waals surface area (Å²) in [5.41, 5.74) is 3.38. The van der Waals surface area contributed by atoms with Crippen LogP contribution in [0.1, 0.15) is 39.9 Å². The van der Waals surface area contributed by atoms with Crippen LogP contribution in [0.2, 0.25) is 0 Å². The third kappa shape index (κ3) is 2.84. The molecule has 0 atom stereocenters. The molecule has 0 N–H and O–H groups in total. The van der Waals surface area contributed by atoms with Gasteiger partial charge in [0, 0.05) is 0 Å². The van der Waals surface area contributed by atoms with Gasteiger partial charge in [-0.05, 0) is 39.8 Å². The molecule has 0 aliphatic rings. The van der Waals surface area contributed by atoms with Crippen molar-refractivity contribution in [2.75, 3.05) is 0 Å². The second kappa shape index (κ2) is 5.26. The second-order valence-electron chi connectivity index (χ2n) is 4.65. The van der Waals surface area contributed by atoms with E-state index in [9.17, 15) is 4.79 Å². The van der Waals surface area contributed by atoms with Crippen LogP contribution in [0.3, 0.4) is 0 Å². The van der Waals surface area contributed by atoms with E-state index in [2.05, 4.69) is 5.16 Å². The highest BCUT2D eigenvalue weighted by molar-refractivity contribution is 5.97. The van der Waals surface area contributed by atoms with Crippen LogP contribution in [-0.4, -0.2) is 10.9 Å². The molecule has 19 heavy (non-hydrogen) atoms. The lowest BCUT2D eigenvalue weighted by atomic mass is 10.1. The highest BCUT2D eigenvalue weighted by Crippen LogP contribution is 2.23. The molecule has 0 fully saturated rings. The lowest BCUT2D eigenvalue weighted by Gasteiger charge is -2.10. The molecule has 0 bridgehead atoms. The molecule has 0 spiro atoms. The minimum Gasteiger partial charge on any atom is -0.488 e. The molecule has 0 amide bonds. The lowest BCUT2D eigenvalue weighted by Crippen LogP contribution is -2.03. The Morgan fingerprint density at radius 1 is 1.32 bits per heavy atom. The number of aryl methyl sites for hydroxylation is 3. The summed E-state index contributed by atoms with van der Waals surface area (Å²) in [5.74, 6) is 1.34. The van der Waals surface area contributed by atoms with Gasteiger partial charge in [-0.1, -0.05) is 16.8 Å². The van der Waals surface area contributed by atoms with E-state index in [4.69, 9.17) is 9.26 Å². The molecule has 0 unspecified atom stereocenters. The van der Waals surface area contributed by atoms with Crippen LogP contribution in [0.4, 0.5) is 0 Å². The van der Waals surface area contributed by atoms with Gasteiger partial charge in [0.25, 0.3) is 0 Å². The average molecular weight is 259 g/mol. The number of hydrogen-bond acceptors (Lipinski definition) is 4. The summed E-state index contributed by atoms with van der Waals surface area (Å²) in [4.78, 5) is 11.6. The third-order valence-corrected chi connectivity index (χ3v) is 3.07. The molecule has 0 radical (unpaired) electrons. The molecule has 4 heteroatoms. The van der Waals surface area contributed by atoms with Gasteiger partial charge in [-0.15, -0.1) is 0 Å². The molecule has 4 nitrogen and oxygen atoms in total. The van der Waals surface area contributed by atoms with E-state index in [-0.39, 0.29) is 5.78 Å². The molecule has 1 heterocycles. The number of rotatable bonds is 4. The van der Waals surface area contributed by atoms with Crippen LogP contribution in [0, 0.1) is 20.8 Å². The van der Waals surface area contributed by atoms with Gasteiger partial charge in [0.1, 0.15) is 18.1 Å². The lowest BCUT2D eigenvalue weighted by molar-refractivity contribution is 0.101. The second-order valence-corrected chi connectivity index (χ2v) is 4.65. The Balaban J connectivity index is 2.23. The number of aromatic nitrogens is 1. The van der Waals surface area contributed by atoms with Crippen LogP contribution in [0.25, 0.3) is 0 Å². The number of ether oxygens (including phenoxy) is 1. The predicted molar refractivity (Wildman–Crippen MR) is 71.5 cm³/mol. The maximum Gasteiger partial charge on any atom is 0.163 e. The van der Waals surface area contributed by atoms with Crippen molar-refractivity contribution in [3.8, 4) is 5.75 Å². The monoisotopic (exact) mass is 259 g/mol. The zero-order valence-electron chi connectivity index (χ0n) is 11.6. The fourth-order valence-electron chi connectivity index (χ4n) is 1.90. The fraction of sp³-hybridized carbons (Fsp3) is 0.333. The van der Waals surface area contributed by atoms with Gasteiger partial charge in [-0.2, -0.15) is 0 Å². The minimum absolute atomic E-state index is 0.00235. The van der Waals surface area contributed by atoms with Gasteiger partial charge >= 0.3 is 0 Å². The standard InChI is InChI=1S/C15H17NO3/c1-9-5-6-15(13(7-9)11(3)17)18-8-14-10(2)16-19-12(14)4/h5-7H,8H2,1-4H3. The van der Waals surface area contributed by atoms with Gasteiger partial charge in [0.2, 0.25) is 0 Å². The van der Waals surface area contributed by atoms with E-state index in [0.717, 1.165) is 22.6 Å². The highest BCUT2D eigenvalue weighted by atomic mass is 16.5. The summed E-state index contributed by atoms with van der Waals surface area (Å²) >= 11 is 0. The molecule has 2 rings (SSSR count). The SMILES string of the molecule is CC(=O)c1cc(C)ccc1OCc1c(C)noc1C. The average Bonchev–Trinajstić information content (AvgIpc) is 2.68. The number of carbonyl (C=O) groups excluding carboxylic acids is 1. The largest absolute Gasteiger partial charge is 0.488 e. The summed E-state index contributed by atoms with van der Waals surface area (Å²) in [5, 5.41) is 3.88. The molecule has 0 aliphatic heterocycles. The van der Waals surface area contributed by atoms with E-state index < -0.39 is 0 Å². The Morgan fingerprint density at radius 3 is 2.63 bits per heavy atom. The maximum absolute atomic E-state index is 11.6. The van der Waals surface area contributed by atoms with Crippen molar-refractivity contribution in [1.29, 1.82) is 0 Å². The molecule has 0 saturated carbocycles. The number of carbonyl (C=O) groups is 1. The van der Waals surface area contributed by atoms with Crippen molar-refractivity contribution in [3.05, 3.63) is 46.3 Å². The molecule has 1 aromatic carbocycles. The summed E-state index contributed by atoms with van der Waals surface area (Å²) < 4.78 is 10.8. The van der Waals surface area contributed by atoms with Gasteiger partial charge in [0.05, 0.1) is 16.8 Å². The summed E-state index contributed by atoms with van der Waals surface area (Å²) in [6.45, 7) is 7.56. The quantitative estimate of drug-likeness (QED) is 0.790. The van der Waals surface area contributed by atoms with Crippen LogP contribution in [-0.2, 0) is 6.61 Å². The maximum atomic E-state index is 11.6. The first kappa shape index (κ1) is 13.3. The molecular formula is C15H17NO3. The summed E-state index contributed by atoms with van der Waals surface area (Å²) in [6, 6.07) is 5.59. The Hall–Kier alpha value is -2.10. The van der Waals surface area contributed by atoms with Crippen molar-refractivity contribution in [1.82, 2.24) is 5.16 Å². The predicted octanol–water partition coefficient (Wildman–Crippen LogP) is 3.38. The molecule has 0 saturated heterocycles. The van der Waals surface area contributed by atoms with Crippen molar-refractivity contribution in [3.63, 3.8) is 0 Å². The van der Waals surface area contributed by atoms with Crippen LogP contribution in [0.5, 0.6) is 5.75 Å². The van der Waals surface area contributed by atoms with E-state index in [1.54, 1.807) is 0 Å². The fourth-order valence-corrected chi connectivity index (χ4v) is 1.90. The number of benzene rings is 1. The van der Waals surface area contributed by atoms with Crippen LogP contribution in [0.15, 0.2) is 22.7 Å². The molecular weight excluding hydrogens is 242 g/mol. The zero-order chi connectivity index (χ0) is 14.0. The van der Waals surface area contributed by atoms with E-state index >= 15 is 0 Å². The van der Waals surface area contributed by atoms with Crippen molar-refractivity contribution >= 4 is 5.78 Å². The Bertz CT molecular complexity index is 594. The summed E-state index contributed by atoms with van der Waals surface area (Å²) in [7, 11) is 0. The first-order valence-electron chi connectivity index (χ1n) is 6.15. The molecule has 1 aromatic heterocycles. The van der Waals surface area contributed by atoms with Crippen molar-refractivity contribution in [2.24, 2.45) is 0 Å². The van der Waals surface area contributed by atoms with Gasteiger partial charge in [0.15, 0.2) is 5.78 Å². The van der Waals surface area contributed by atoms with Crippen LogP contribution < -0.4 is 4.74 Å². The Morgan fingerprint density at radius 2 is 2.05 bits per heavy atom. The zero-order valence-corrected chi connectivity index (χ0v) is 11.6. The normalized spacial score (nSPS) is 10.5. The van der Waals surface area contributed by atoms with E-state index in [1.807, 2.05) is 39.0 Å². The van der Waals surface area contributed by atoms with E-state index in [0.29, 0.717) is 17.9 Å². The van der Waals surface area contributed by atoms with Crippen molar-refractivity contribution in [2.45, 2.75) is 34.3 Å². The van der Waals surface area contributed by atoms with Crippen molar-refractivity contribution < 1.29 is 14.1 Å². The first-order chi connectivity index (χ1) is 8.99. The number of ketones is 1. The number of hydrogen-bond donors (Lipinski definition) is 0. The first-order valence-corrected chi connectivity index (χ1v) is 6.15.